The minimum atomic E-state index is -4.20. The highest BCUT2D eigenvalue weighted by Crippen LogP contribution is 2.28. The summed E-state index contributed by atoms with van der Waals surface area (Å²) < 4.78 is 49.8. The number of aliphatic imine (C=N–C) groups is 1. The van der Waals surface area contributed by atoms with Crippen LogP contribution in [0.2, 0.25) is 0 Å². The molecule has 0 amide bonds. The minimum absolute atomic E-state index is 0.346. The van der Waals surface area contributed by atoms with Gasteiger partial charge in [0.1, 0.15) is 6.04 Å². The number of methoxy groups -OCH3 is 1. The third-order valence-corrected chi connectivity index (χ3v) is 4.99. The van der Waals surface area contributed by atoms with E-state index in [1.165, 1.54) is 11.8 Å². The summed E-state index contributed by atoms with van der Waals surface area (Å²) in [5.74, 6) is 2.05. The van der Waals surface area contributed by atoms with Crippen molar-refractivity contribution in [3.05, 3.63) is 23.8 Å². The molecular formula is C20H31F3N4O2. The molecule has 1 unspecified atom stereocenters. The van der Waals surface area contributed by atoms with Crippen LogP contribution in [-0.2, 0) is 6.54 Å². The lowest BCUT2D eigenvalue weighted by atomic mass is 10.2. The molecule has 29 heavy (non-hydrogen) atoms. The molecule has 2 rings (SSSR count). The number of nitrogens with one attached hydrogen (secondary N) is 1. The molecule has 1 aliphatic rings. The van der Waals surface area contributed by atoms with E-state index in [0.29, 0.717) is 56.8 Å². The number of nitrogens with zero attached hydrogens (tertiary/aromatic N) is 3. The Hall–Kier alpha value is -2.16. The molecule has 1 atom stereocenters. The SMILES string of the molecule is CCCOc1ccc(CNC(=NC)N2CCN(C(C)C(F)(F)F)CC2)cc1OC. The number of benzene rings is 1. The van der Waals surface area contributed by atoms with E-state index in [-0.39, 0.29) is 0 Å². The van der Waals surface area contributed by atoms with Crippen molar-refractivity contribution >= 4 is 5.96 Å². The topological polar surface area (TPSA) is 49.3 Å². The molecule has 0 spiro atoms. The third kappa shape index (κ3) is 6.42. The Kier molecular flexibility index (Phi) is 8.43. The van der Waals surface area contributed by atoms with E-state index in [4.69, 9.17) is 9.47 Å². The summed E-state index contributed by atoms with van der Waals surface area (Å²) >= 11 is 0. The first kappa shape index (κ1) is 23.1. The fraction of sp³-hybridized carbons (Fsp3) is 0.650. The number of piperazine rings is 1. The van der Waals surface area contributed by atoms with Gasteiger partial charge in [0.25, 0.3) is 0 Å². The van der Waals surface area contributed by atoms with Crippen molar-refractivity contribution in [3.8, 4) is 11.5 Å². The molecule has 0 radical (unpaired) electrons. The van der Waals surface area contributed by atoms with Crippen LogP contribution in [0, 0.1) is 0 Å². The van der Waals surface area contributed by atoms with Crippen molar-refractivity contribution < 1.29 is 22.6 Å². The number of alkyl halides is 3. The first-order valence-electron chi connectivity index (χ1n) is 9.86. The fourth-order valence-electron chi connectivity index (χ4n) is 3.19. The molecule has 1 heterocycles. The Labute approximate surface area is 170 Å². The molecule has 1 aliphatic heterocycles. The monoisotopic (exact) mass is 416 g/mol. The smallest absolute Gasteiger partial charge is 0.403 e. The fourth-order valence-corrected chi connectivity index (χ4v) is 3.19. The number of guanidine groups is 1. The Morgan fingerprint density at radius 2 is 1.90 bits per heavy atom. The van der Waals surface area contributed by atoms with E-state index < -0.39 is 12.2 Å². The lowest BCUT2D eigenvalue weighted by molar-refractivity contribution is -0.181. The quantitative estimate of drug-likeness (QED) is 0.547. The lowest BCUT2D eigenvalue weighted by Gasteiger charge is -2.39. The van der Waals surface area contributed by atoms with Crippen LogP contribution in [0.4, 0.5) is 13.2 Å². The summed E-state index contributed by atoms with van der Waals surface area (Å²) in [5, 5.41) is 3.28. The standard InChI is InChI=1S/C20H31F3N4O2/c1-5-12-29-17-7-6-16(13-18(17)28-4)14-25-19(24-3)27-10-8-26(9-11-27)15(2)20(21,22)23/h6-7,13,15H,5,8-12,14H2,1-4H3,(H,24,25). The normalized spacial score (nSPS) is 17.2. The van der Waals surface area contributed by atoms with Crippen LogP contribution in [0.1, 0.15) is 25.8 Å². The maximum Gasteiger partial charge on any atom is 0.403 e. The first-order valence-corrected chi connectivity index (χ1v) is 9.86. The van der Waals surface area contributed by atoms with Crippen molar-refractivity contribution in [2.45, 2.75) is 39.0 Å². The molecule has 1 N–H and O–H groups in total. The molecule has 9 heteroatoms. The van der Waals surface area contributed by atoms with Crippen LogP contribution < -0.4 is 14.8 Å². The van der Waals surface area contributed by atoms with Crippen LogP contribution >= 0.6 is 0 Å². The van der Waals surface area contributed by atoms with Gasteiger partial charge in [0.05, 0.1) is 13.7 Å². The second-order valence-corrected chi connectivity index (χ2v) is 6.98. The van der Waals surface area contributed by atoms with Crippen molar-refractivity contribution in [3.63, 3.8) is 0 Å². The predicted molar refractivity (Wildman–Crippen MR) is 108 cm³/mol. The molecule has 0 saturated carbocycles. The third-order valence-electron chi connectivity index (χ3n) is 4.99. The van der Waals surface area contributed by atoms with Gasteiger partial charge in [-0.25, -0.2) is 0 Å². The summed E-state index contributed by atoms with van der Waals surface area (Å²) in [5.41, 5.74) is 0.996. The Morgan fingerprint density at radius 3 is 2.45 bits per heavy atom. The summed E-state index contributed by atoms with van der Waals surface area (Å²) in [6.45, 7) is 6.08. The molecule has 0 aliphatic carbocycles. The van der Waals surface area contributed by atoms with Crippen molar-refractivity contribution in [1.29, 1.82) is 0 Å². The number of hydrogen-bond donors (Lipinski definition) is 1. The molecule has 6 nitrogen and oxygen atoms in total. The van der Waals surface area contributed by atoms with Crippen molar-refractivity contribution in [2.75, 3.05) is 46.9 Å². The maximum atomic E-state index is 12.9. The van der Waals surface area contributed by atoms with Crippen LogP contribution in [0.3, 0.4) is 0 Å². The zero-order chi connectivity index (χ0) is 21.4. The lowest BCUT2D eigenvalue weighted by Crippen LogP contribution is -2.56. The van der Waals surface area contributed by atoms with E-state index in [9.17, 15) is 13.2 Å². The first-order chi connectivity index (χ1) is 13.8. The van der Waals surface area contributed by atoms with Gasteiger partial charge in [0, 0.05) is 39.8 Å². The number of ether oxygens (including phenoxy) is 2. The second-order valence-electron chi connectivity index (χ2n) is 6.98. The second kappa shape index (κ2) is 10.6. The van der Waals surface area contributed by atoms with Gasteiger partial charge in [-0.2, -0.15) is 13.2 Å². The molecule has 0 aromatic heterocycles. The minimum Gasteiger partial charge on any atom is -0.493 e. The van der Waals surface area contributed by atoms with E-state index >= 15 is 0 Å². The largest absolute Gasteiger partial charge is 0.493 e. The molecular weight excluding hydrogens is 385 g/mol. The Morgan fingerprint density at radius 1 is 1.21 bits per heavy atom. The highest BCUT2D eigenvalue weighted by atomic mass is 19.4. The number of hydrogen-bond acceptors (Lipinski definition) is 4. The molecule has 0 bridgehead atoms. The van der Waals surface area contributed by atoms with Crippen LogP contribution in [0.25, 0.3) is 0 Å². The maximum absolute atomic E-state index is 12.9. The van der Waals surface area contributed by atoms with E-state index in [1.807, 2.05) is 30.0 Å². The molecule has 1 aromatic rings. The zero-order valence-electron chi connectivity index (χ0n) is 17.6. The van der Waals surface area contributed by atoms with Crippen LogP contribution in [-0.4, -0.2) is 74.9 Å². The molecule has 1 aromatic carbocycles. The molecule has 1 saturated heterocycles. The van der Waals surface area contributed by atoms with Crippen molar-refractivity contribution in [1.82, 2.24) is 15.1 Å². The van der Waals surface area contributed by atoms with E-state index in [1.54, 1.807) is 14.2 Å². The average Bonchev–Trinajstić information content (AvgIpc) is 2.72. The van der Waals surface area contributed by atoms with Gasteiger partial charge in [-0.15, -0.1) is 0 Å². The van der Waals surface area contributed by atoms with Gasteiger partial charge < -0.3 is 19.7 Å². The van der Waals surface area contributed by atoms with Gasteiger partial charge in [0.2, 0.25) is 0 Å². The molecule has 1 fully saturated rings. The van der Waals surface area contributed by atoms with Gasteiger partial charge in [0.15, 0.2) is 17.5 Å². The van der Waals surface area contributed by atoms with Crippen LogP contribution in [0.15, 0.2) is 23.2 Å². The Balaban J connectivity index is 1.91. The van der Waals surface area contributed by atoms with Gasteiger partial charge >= 0.3 is 6.18 Å². The summed E-state index contributed by atoms with van der Waals surface area (Å²) in [4.78, 5) is 7.72. The van der Waals surface area contributed by atoms with Crippen LogP contribution in [0.5, 0.6) is 11.5 Å². The summed E-state index contributed by atoms with van der Waals surface area (Å²) in [7, 11) is 3.28. The average molecular weight is 416 g/mol. The number of halogens is 3. The van der Waals surface area contributed by atoms with E-state index in [2.05, 4.69) is 10.3 Å². The number of rotatable bonds is 7. The van der Waals surface area contributed by atoms with Gasteiger partial charge in [-0.3, -0.25) is 9.89 Å². The molecule has 164 valence electrons. The summed E-state index contributed by atoms with van der Waals surface area (Å²) in [6.07, 6.45) is -3.29. The highest BCUT2D eigenvalue weighted by molar-refractivity contribution is 5.80. The van der Waals surface area contributed by atoms with Crippen molar-refractivity contribution in [2.24, 2.45) is 4.99 Å². The Bertz CT molecular complexity index is 674. The van der Waals surface area contributed by atoms with Gasteiger partial charge in [-0.1, -0.05) is 13.0 Å². The van der Waals surface area contributed by atoms with E-state index in [0.717, 1.165) is 12.0 Å². The zero-order valence-corrected chi connectivity index (χ0v) is 17.6. The predicted octanol–water partition coefficient (Wildman–Crippen LogP) is 3.13. The highest BCUT2D eigenvalue weighted by Gasteiger charge is 2.41. The van der Waals surface area contributed by atoms with Gasteiger partial charge in [-0.05, 0) is 31.0 Å². The summed E-state index contributed by atoms with van der Waals surface area (Å²) in [6, 6.07) is 4.32.